The lowest BCUT2D eigenvalue weighted by molar-refractivity contribution is 0.507. The number of amidine groups is 1. The molecule has 0 aliphatic rings. The number of nitrogens with zero attached hydrogens (tertiary/aromatic N) is 1. The highest BCUT2D eigenvalue weighted by Crippen LogP contribution is 2.19. The van der Waals surface area contributed by atoms with Crippen LogP contribution in [0.5, 0.6) is 0 Å². The summed E-state index contributed by atoms with van der Waals surface area (Å²) in [6, 6.07) is 3.61. The molecule has 0 aromatic carbocycles. The molecule has 0 radical (unpaired) electrons. The van der Waals surface area contributed by atoms with Gasteiger partial charge in [-0.05, 0) is 28.1 Å². The molecule has 0 saturated heterocycles. The molecule has 7 heteroatoms. The standard InChI is InChI=1S/C7H9BrN4OS/c8-5-2-1-4(13-5)3-14-7(11)12-6(9)10/h1-2H,3H2,(H5,9,10,11,12). The predicted molar refractivity (Wildman–Crippen MR) is 61.2 cm³/mol. The summed E-state index contributed by atoms with van der Waals surface area (Å²) in [6.45, 7) is 0. The zero-order valence-corrected chi connectivity index (χ0v) is 9.56. The maximum absolute atomic E-state index is 7.34. The van der Waals surface area contributed by atoms with Crippen molar-refractivity contribution in [3.05, 3.63) is 22.6 Å². The zero-order chi connectivity index (χ0) is 10.6. The minimum atomic E-state index is -0.108. The Kier molecular flexibility index (Phi) is 4.02. The minimum absolute atomic E-state index is 0.0672. The van der Waals surface area contributed by atoms with Crippen molar-refractivity contribution in [1.29, 1.82) is 5.41 Å². The number of guanidine groups is 1. The lowest BCUT2D eigenvalue weighted by atomic mass is 10.5. The summed E-state index contributed by atoms with van der Waals surface area (Å²) in [7, 11) is 0. The fraction of sp³-hybridized carbons (Fsp3) is 0.143. The van der Waals surface area contributed by atoms with Crippen molar-refractivity contribution in [1.82, 2.24) is 0 Å². The molecule has 5 N–H and O–H groups in total. The van der Waals surface area contributed by atoms with Crippen molar-refractivity contribution in [2.45, 2.75) is 5.75 Å². The Hall–Kier alpha value is -0.950. The monoisotopic (exact) mass is 276 g/mol. The van der Waals surface area contributed by atoms with Crippen molar-refractivity contribution in [2.24, 2.45) is 16.5 Å². The van der Waals surface area contributed by atoms with Gasteiger partial charge in [0.2, 0.25) is 0 Å². The van der Waals surface area contributed by atoms with E-state index in [1.165, 1.54) is 11.8 Å². The molecule has 1 rings (SSSR count). The average Bonchev–Trinajstić information content (AvgIpc) is 2.47. The van der Waals surface area contributed by atoms with Crippen molar-refractivity contribution in [2.75, 3.05) is 0 Å². The molecule has 1 heterocycles. The van der Waals surface area contributed by atoms with Crippen LogP contribution in [0.3, 0.4) is 0 Å². The molecule has 1 aromatic rings. The number of nitrogens with one attached hydrogen (secondary N) is 1. The molecule has 0 atom stereocenters. The predicted octanol–water partition coefficient (Wildman–Crippen LogP) is 1.48. The van der Waals surface area contributed by atoms with Gasteiger partial charge in [-0.25, -0.2) is 0 Å². The van der Waals surface area contributed by atoms with Crippen molar-refractivity contribution < 1.29 is 4.42 Å². The number of aliphatic imine (C=N–C) groups is 1. The molecule has 0 fully saturated rings. The van der Waals surface area contributed by atoms with Crippen molar-refractivity contribution in [3.8, 4) is 0 Å². The van der Waals surface area contributed by atoms with E-state index in [0.29, 0.717) is 10.4 Å². The first-order chi connectivity index (χ1) is 6.58. The highest BCUT2D eigenvalue weighted by molar-refractivity contribution is 9.10. The molecular weight excluding hydrogens is 268 g/mol. The molecule has 14 heavy (non-hydrogen) atoms. The molecule has 1 aromatic heterocycles. The summed E-state index contributed by atoms with van der Waals surface area (Å²) >= 11 is 4.37. The number of hydrogen-bond acceptors (Lipinski definition) is 3. The van der Waals surface area contributed by atoms with Gasteiger partial charge in [0.05, 0.1) is 5.75 Å². The van der Waals surface area contributed by atoms with E-state index in [1.54, 1.807) is 6.07 Å². The van der Waals surface area contributed by atoms with Crippen molar-refractivity contribution >= 4 is 38.8 Å². The fourth-order valence-corrected chi connectivity index (χ4v) is 1.66. The second kappa shape index (κ2) is 5.06. The Morgan fingerprint density at radius 1 is 1.57 bits per heavy atom. The summed E-state index contributed by atoms with van der Waals surface area (Å²) < 4.78 is 5.90. The number of halogens is 1. The summed E-state index contributed by atoms with van der Waals surface area (Å²) in [5.74, 6) is 1.18. The second-order valence-corrected chi connectivity index (χ2v) is 4.08. The number of thioether (sulfide) groups is 1. The van der Waals surface area contributed by atoms with E-state index in [2.05, 4.69) is 20.9 Å². The van der Waals surface area contributed by atoms with Gasteiger partial charge >= 0.3 is 0 Å². The SMILES string of the molecule is N=C(N=C(N)N)SCc1ccc(Br)o1. The summed E-state index contributed by atoms with van der Waals surface area (Å²) in [5.41, 5.74) is 10.2. The Balaban J connectivity index is 2.41. The number of rotatable bonds is 2. The number of furan rings is 1. The fourth-order valence-electron chi connectivity index (χ4n) is 0.718. The molecule has 0 bridgehead atoms. The highest BCUT2D eigenvalue weighted by atomic mass is 79.9. The lowest BCUT2D eigenvalue weighted by Gasteiger charge is -1.96. The maximum Gasteiger partial charge on any atom is 0.193 e. The van der Waals surface area contributed by atoms with E-state index in [9.17, 15) is 0 Å². The largest absolute Gasteiger partial charge is 0.453 e. The molecule has 5 nitrogen and oxygen atoms in total. The van der Waals surface area contributed by atoms with Crippen LogP contribution >= 0.6 is 27.7 Å². The van der Waals surface area contributed by atoms with Gasteiger partial charge in [-0.3, -0.25) is 5.41 Å². The third kappa shape index (κ3) is 3.84. The van der Waals surface area contributed by atoms with Crippen LogP contribution in [0.2, 0.25) is 0 Å². The smallest absolute Gasteiger partial charge is 0.193 e. The summed E-state index contributed by atoms with van der Waals surface area (Å²) in [6.07, 6.45) is 0. The first-order valence-electron chi connectivity index (χ1n) is 3.63. The van der Waals surface area contributed by atoms with Crippen LogP contribution in [0.15, 0.2) is 26.2 Å². The third-order valence-electron chi connectivity index (χ3n) is 1.21. The van der Waals surface area contributed by atoms with Crippen LogP contribution in [0, 0.1) is 5.41 Å². The Morgan fingerprint density at radius 2 is 2.29 bits per heavy atom. The molecule has 0 unspecified atom stereocenters. The van der Waals surface area contributed by atoms with E-state index >= 15 is 0 Å². The molecule has 0 spiro atoms. The first kappa shape index (κ1) is 11.1. The summed E-state index contributed by atoms with van der Waals surface area (Å²) in [4.78, 5) is 3.56. The Morgan fingerprint density at radius 3 is 2.79 bits per heavy atom. The van der Waals surface area contributed by atoms with Gasteiger partial charge in [0.15, 0.2) is 15.8 Å². The van der Waals surface area contributed by atoms with Gasteiger partial charge < -0.3 is 15.9 Å². The van der Waals surface area contributed by atoms with Gasteiger partial charge in [0.1, 0.15) is 5.76 Å². The topological polar surface area (TPSA) is 101 Å². The molecular formula is C7H9BrN4OS. The number of nitrogens with two attached hydrogens (primary N) is 2. The van der Waals surface area contributed by atoms with E-state index in [4.69, 9.17) is 21.3 Å². The summed E-state index contributed by atoms with van der Waals surface area (Å²) in [5, 5.41) is 7.40. The van der Waals surface area contributed by atoms with Gasteiger partial charge in [0, 0.05) is 0 Å². The highest BCUT2D eigenvalue weighted by Gasteiger charge is 2.02. The minimum Gasteiger partial charge on any atom is -0.453 e. The lowest BCUT2D eigenvalue weighted by Crippen LogP contribution is -2.23. The normalized spacial score (nSPS) is 9.79. The maximum atomic E-state index is 7.34. The van der Waals surface area contributed by atoms with Gasteiger partial charge in [0.25, 0.3) is 0 Å². The second-order valence-electron chi connectivity index (χ2n) is 2.34. The molecule has 0 aliphatic heterocycles. The third-order valence-corrected chi connectivity index (χ3v) is 2.43. The van der Waals surface area contributed by atoms with Crippen LogP contribution < -0.4 is 11.5 Å². The number of hydrogen-bond donors (Lipinski definition) is 3. The Bertz CT molecular complexity index is 358. The van der Waals surface area contributed by atoms with Crippen molar-refractivity contribution in [3.63, 3.8) is 0 Å². The zero-order valence-electron chi connectivity index (χ0n) is 7.16. The van der Waals surface area contributed by atoms with Crippen LogP contribution in [-0.2, 0) is 5.75 Å². The average molecular weight is 277 g/mol. The Labute approximate surface area is 93.6 Å². The quantitative estimate of drug-likeness (QED) is 0.563. The van der Waals surface area contributed by atoms with E-state index in [-0.39, 0.29) is 11.1 Å². The molecule has 0 aliphatic carbocycles. The van der Waals surface area contributed by atoms with Gasteiger partial charge in [-0.2, -0.15) is 4.99 Å². The van der Waals surface area contributed by atoms with Gasteiger partial charge in [-0.1, -0.05) is 11.8 Å². The van der Waals surface area contributed by atoms with E-state index < -0.39 is 0 Å². The van der Waals surface area contributed by atoms with Gasteiger partial charge in [-0.15, -0.1) is 0 Å². The molecule has 0 amide bonds. The molecule has 76 valence electrons. The van der Waals surface area contributed by atoms with Crippen LogP contribution in [-0.4, -0.2) is 11.1 Å². The molecule has 0 saturated carbocycles. The van der Waals surface area contributed by atoms with Crippen LogP contribution in [0.4, 0.5) is 0 Å². The first-order valence-corrected chi connectivity index (χ1v) is 5.41. The van der Waals surface area contributed by atoms with Crippen LogP contribution in [0.1, 0.15) is 5.76 Å². The van der Waals surface area contributed by atoms with Crippen LogP contribution in [0.25, 0.3) is 0 Å². The van der Waals surface area contributed by atoms with E-state index in [1.807, 2.05) is 6.07 Å². The van der Waals surface area contributed by atoms with E-state index in [0.717, 1.165) is 5.76 Å².